The van der Waals surface area contributed by atoms with E-state index < -0.39 is 0 Å². The van der Waals surface area contributed by atoms with Gasteiger partial charge >= 0.3 is 5.63 Å². The normalized spacial score (nSPS) is 13.2. The van der Waals surface area contributed by atoms with E-state index in [-0.39, 0.29) is 5.63 Å². The molecule has 3 nitrogen and oxygen atoms in total. The second kappa shape index (κ2) is 5.82. The third-order valence-electron chi connectivity index (χ3n) is 4.86. The summed E-state index contributed by atoms with van der Waals surface area (Å²) < 4.78 is 11.6. The molecule has 0 N–H and O–H groups in total. The zero-order valence-corrected chi connectivity index (χ0v) is 14.0. The Morgan fingerprint density at radius 1 is 1.00 bits per heavy atom. The van der Waals surface area contributed by atoms with Crippen LogP contribution < -0.4 is 10.4 Å². The SMILES string of the molecule is Cc1ccc(COc2ccc3c4c(c(=O)oc3c2C)CCC4)cc1. The van der Waals surface area contributed by atoms with Crippen molar-refractivity contribution in [3.8, 4) is 5.75 Å². The van der Waals surface area contributed by atoms with Crippen LogP contribution in [0.1, 0.15) is 34.2 Å². The lowest BCUT2D eigenvalue weighted by Crippen LogP contribution is -2.08. The molecule has 0 saturated heterocycles. The molecule has 2 aromatic carbocycles. The van der Waals surface area contributed by atoms with Gasteiger partial charge in [0, 0.05) is 16.5 Å². The monoisotopic (exact) mass is 320 g/mol. The summed E-state index contributed by atoms with van der Waals surface area (Å²) >= 11 is 0. The van der Waals surface area contributed by atoms with Gasteiger partial charge in [-0.2, -0.15) is 0 Å². The highest BCUT2D eigenvalue weighted by molar-refractivity contribution is 5.86. The maximum atomic E-state index is 12.2. The fourth-order valence-electron chi connectivity index (χ4n) is 3.47. The molecule has 1 heterocycles. The van der Waals surface area contributed by atoms with Crippen LogP contribution in [0.25, 0.3) is 11.0 Å². The molecule has 0 atom stereocenters. The molecule has 1 aliphatic carbocycles. The Kier molecular flexibility index (Phi) is 3.64. The Bertz CT molecular complexity index is 965. The summed E-state index contributed by atoms with van der Waals surface area (Å²) in [7, 11) is 0. The average molecular weight is 320 g/mol. The highest BCUT2D eigenvalue weighted by atomic mass is 16.5. The van der Waals surface area contributed by atoms with Crippen molar-refractivity contribution in [2.75, 3.05) is 0 Å². The topological polar surface area (TPSA) is 39.4 Å². The van der Waals surface area contributed by atoms with Gasteiger partial charge in [-0.25, -0.2) is 4.79 Å². The summed E-state index contributed by atoms with van der Waals surface area (Å²) in [5.41, 5.74) is 5.75. The number of fused-ring (bicyclic) bond motifs is 3. The molecule has 0 spiro atoms. The smallest absolute Gasteiger partial charge is 0.339 e. The van der Waals surface area contributed by atoms with E-state index in [4.69, 9.17) is 9.15 Å². The van der Waals surface area contributed by atoms with Crippen LogP contribution in [0.4, 0.5) is 0 Å². The van der Waals surface area contributed by atoms with Gasteiger partial charge in [-0.3, -0.25) is 0 Å². The van der Waals surface area contributed by atoms with E-state index in [0.29, 0.717) is 12.2 Å². The molecule has 4 rings (SSSR count). The Morgan fingerprint density at radius 2 is 1.75 bits per heavy atom. The van der Waals surface area contributed by atoms with Crippen molar-refractivity contribution in [1.29, 1.82) is 0 Å². The standard InChI is InChI=1S/C21H20O3/c1-13-6-8-15(9-7-13)12-23-19-11-10-17-16-4-3-5-18(16)21(22)24-20(17)14(19)2/h6-11H,3-5,12H2,1-2H3. The van der Waals surface area contributed by atoms with E-state index in [1.165, 1.54) is 5.56 Å². The lowest BCUT2D eigenvalue weighted by molar-refractivity contribution is 0.304. The lowest BCUT2D eigenvalue weighted by atomic mass is 10.0. The van der Waals surface area contributed by atoms with Crippen LogP contribution >= 0.6 is 0 Å². The molecular weight excluding hydrogens is 300 g/mol. The quantitative estimate of drug-likeness (QED) is 0.668. The van der Waals surface area contributed by atoms with Crippen LogP contribution in [0, 0.1) is 13.8 Å². The van der Waals surface area contributed by atoms with Gasteiger partial charge in [0.15, 0.2) is 0 Å². The largest absolute Gasteiger partial charge is 0.488 e. The summed E-state index contributed by atoms with van der Waals surface area (Å²) in [6, 6.07) is 12.3. The van der Waals surface area contributed by atoms with Crippen molar-refractivity contribution in [3.05, 3.63) is 74.6 Å². The zero-order valence-electron chi connectivity index (χ0n) is 14.0. The first kappa shape index (κ1) is 15.0. The Hall–Kier alpha value is -2.55. The van der Waals surface area contributed by atoms with Gasteiger partial charge in [0.2, 0.25) is 0 Å². The van der Waals surface area contributed by atoms with E-state index in [2.05, 4.69) is 31.2 Å². The van der Waals surface area contributed by atoms with Gasteiger partial charge in [-0.1, -0.05) is 29.8 Å². The minimum Gasteiger partial charge on any atom is -0.488 e. The van der Waals surface area contributed by atoms with E-state index in [0.717, 1.165) is 52.7 Å². The molecule has 0 aliphatic heterocycles. The van der Waals surface area contributed by atoms with Gasteiger partial charge in [0.25, 0.3) is 0 Å². The third kappa shape index (κ3) is 2.50. The molecule has 3 heteroatoms. The number of rotatable bonds is 3. The van der Waals surface area contributed by atoms with Gasteiger partial charge < -0.3 is 9.15 Å². The number of hydrogen-bond donors (Lipinski definition) is 0. The van der Waals surface area contributed by atoms with Gasteiger partial charge in [-0.15, -0.1) is 0 Å². The first-order chi connectivity index (χ1) is 11.6. The van der Waals surface area contributed by atoms with Crippen molar-refractivity contribution in [1.82, 2.24) is 0 Å². The molecular formula is C21H20O3. The van der Waals surface area contributed by atoms with Crippen molar-refractivity contribution in [2.24, 2.45) is 0 Å². The summed E-state index contributed by atoms with van der Waals surface area (Å²) in [6.45, 7) is 4.53. The summed E-state index contributed by atoms with van der Waals surface area (Å²) in [5, 5.41) is 1.06. The average Bonchev–Trinajstić information content (AvgIpc) is 3.07. The molecule has 122 valence electrons. The van der Waals surface area contributed by atoms with E-state index in [1.807, 2.05) is 19.1 Å². The number of hydrogen-bond acceptors (Lipinski definition) is 3. The fourth-order valence-corrected chi connectivity index (χ4v) is 3.47. The molecule has 0 fully saturated rings. The van der Waals surface area contributed by atoms with Crippen LogP contribution in [0.2, 0.25) is 0 Å². The van der Waals surface area contributed by atoms with Crippen LogP contribution in [-0.4, -0.2) is 0 Å². The second-order valence-corrected chi connectivity index (χ2v) is 6.54. The molecule has 1 aliphatic rings. The third-order valence-corrected chi connectivity index (χ3v) is 4.86. The highest BCUT2D eigenvalue weighted by Crippen LogP contribution is 2.33. The van der Waals surface area contributed by atoms with E-state index in [1.54, 1.807) is 0 Å². The fraction of sp³-hybridized carbons (Fsp3) is 0.286. The first-order valence-corrected chi connectivity index (χ1v) is 8.40. The van der Waals surface area contributed by atoms with Crippen molar-refractivity contribution < 1.29 is 9.15 Å². The molecule has 3 aromatic rings. The molecule has 0 saturated carbocycles. The zero-order chi connectivity index (χ0) is 16.7. The summed E-state index contributed by atoms with van der Waals surface area (Å²) in [5.74, 6) is 0.768. The number of benzene rings is 2. The minimum absolute atomic E-state index is 0.186. The van der Waals surface area contributed by atoms with Crippen LogP contribution in [0.3, 0.4) is 0 Å². The molecule has 0 bridgehead atoms. The van der Waals surface area contributed by atoms with Crippen LogP contribution in [-0.2, 0) is 19.4 Å². The van der Waals surface area contributed by atoms with Gasteiger partial charge in [-0.05, 0) is 56.4 Å². The lowest BCUT2D eigenvalue weighted by Gasteiger charge is -2.12. The molecule has 24 heavy (non-hydrogen) atoms. The highest BCUT2D eigenvalue weighted by Gasteiger charge is 2.21. The molecule has 1 aromatic heterocycles. The van der Waals surface area contributed by atoms with E-state index >= 15 is 0 Å². The van der Waals surface area contributed by atoms with Crippen LogP contribution in [0.5, 0.6) is 5.75 Å². The van der Waals surface area contributed by atoms with Gasteiger partial charge in [0.1, 0.15) is 17.9 Å². The Morgan fingerprint density at radius 3 is 2.54 bits per heavy atom. The van der Waals surface area contributed by atoms with Gasteiger partial charge in [0.05, 0.1) is 0 Å². The number of ether oxygens (including phenoxy) is 1. The number of aryl methyl sites for hydroxylation is 3. The maximum Gasteiger partial charge on any atom is 0.339 e. The molecule has 0 radical (unpaired) electrons. The second-order valence-electron chi connectivity index (χ2n) is 6.54. The van der Waals surface area contributed by atoms with E-state index in [9.17, 15) is 4.79 Å². The van der Waals surface area contributed by atoms with Crippen molar-refractivity contribution >= 4 is 11.0 Å². The van der Waals surface area contributed by atoms with Crippen molar-refractivity contribution in [3.63, 3.8) is 0 Å². The Balaban J connectivity index is 1.70. The molecule has 0 amide bonds. The Labute approximate surface area is 140 Å². The summed E-state index contributed by atoms with van der Waals surface area (Å²) in [6.07, 6.45) is 2.82. The van der Waals surface area contributed by atoms with Crippen molar-refractivity contribution in [2.45, 2.75) is 39.7 Å². The summed E-state index contributed by atoms with van der Waals surface area (Å²) in [4.78, 5) is 12.2. The maximum absolute atomic E-state index is 12.2. The minimum atomic E-state index is -0.186. The molecule has 0 unspecified atom stereocenters. The van der Waals surface area contributed by atoms with Crippen LogP contribution in [0.15, 0.2) is 45.6 Å². The first-order valence-electron chi connectivity index (χ1n) is 8.40. The predicted octanol–water partition coefficient (Wildman–Crippen LogP) is 4.48. The predicted molar refractivity (Wildman–Crippen MR) is 94.8 cm³/mol.